The Morgan fingerprint density at radius 3 is 2.29 bits per heavy atom. The van der Waals surface area contributed by atoms with Gasteiger partial charge in [0.05, 0.1) is 9.90 Å². The summed E-state index contributed by atoms with van der Waals surface area (Å²) in [6.45, 7) is 7.08. The van der Waals surface area contributed by atoms with Crippen LogP contribution >= 0.6 is 11.3 Å². The molecular formula is C18H20N4O4S2. The maximum absolute atomic E-state index is 10.5. The number of hydroxylamine groups is 1. The van der Waals surface area contributed by atoms with Crippen molar-refractivity contribution < 1.29 is 18.2 Å². The number of guanidine groups is 1. The van der Waals surface area contributed by atoms with Gasteiger partial charge in [-0.2, -0.15) is 13.5 Å². The van der Waals surface area contributed by atoms with E-state index >= 15 is 0 Å². The van der Waals surface area contributed by atoms with E-state index in [9.17, 15) is 8.42 Å². The lowest BCUT2D eigenvalue weighted by atomic mass is 10.2. The number of hydrogen-bond acceptors (Lipinski definition) is 6. The SMILES string of the molecule is C=NN=C(NO)Nc1sc2ccccc2c1C.Cc1ccc(S(=O)(=O)O)cc1. The van der Waals surface area contributed by atoms with Crippen LogP contribution in [0.15, 0.2) is 63.6 Å². The van der Waals surface area contributed by atoms with Gasteiger partial charge in [-0.3, -0.25) is 9.76 Å². The Labute approximate surface area is 167 Å². The standard InChI is InChI=1S/C11H12N4OS.C7H8O3S/c1-7-8-5-3-4-6-9(8)17-10(7)13-11(15-16)14-12-2;1-6-2-4-7(5-3-6)11(8,9)10/h3-6,16H,2H2,1H3,(H2,13,14,15);2-5H,1H3,(H,8,9,10). The number of thiophene rings is 1. The van der Waals surface area contributed by atoms with Crippen molar-refractivity contribution >= 4 is 49.2 Å². The topological polar surface area (TPSA) is 123 Å². The predicted octanol–water partition coefficient (Wildman–Crippen LogP) is 3.81. The van der Waals surface area contributed by atoms with Crippen LogP contribution in [0.2, 0.25) is 0 Å². The van der Waals surface area contributed by atoms with Gasteiger partial charge in [-0.05, 0) is 43.0 Å². The van der Waals surface area contributed by atoms with Gasteiger partial charge >= 0.3 is 0 Å². The number of fused-ring (bicyclic) bond motifs is 1. The number of benzene rings is 2. The van der Waals surface area contributed by atoms with E-state index in [0.29, 0.717) is 0 Å². The Morgan fingerprint density at radius 2 is 1.75 bits per heavy atom. The van der Waals surface area contributed by atoms with Crippen LogP contribution < -0.4 is 10.8 Å². The van der Waals surface area contributed by atoms with Gasteiger partial charge in [0.15, 0.2) is 0 Å². The lowest BCUT2D eigenvalue weighted by Gasteiger charge is -2.04. The van der Waals surface area contributed by atoms with Crippen LogP contribution in [0, 0.1) is 13.8 Å². The Hall–Kier alpha value is -2.79. The molecule has 1 aromatic heterocycles. The monoisotopic (exact) mass is 420 g/mol. The lowest BCUT2D eigenvalue weighted by molar-refractivity contribution is 0.234. The van der Waals surface area contributed by atoms with Gasteiger partial charge in [0.1, 0.15) is 0 Å². The van der Waals surface area contributed by atoms with E-state index < -0.39 is 10.1 Å². The van der Waals surface area contributed by atoms with Crippen molar-refractivity contribution in [2.45, 2.75) is 18.7 Å². The molecule has 0 spiro atoms. The fourth-order valence-corrected chi connectivity index (χ4v) is 3.85. The van der Waals surface area contributed by atoms with Crippen LogP contribution in [-0.2, 0) is 10.1 Å². The molecule has 8 nitrogen and oxygen atoms in total. The minimum Gasteiger partial charge on any atom is -0.314 e. The zero-order chi connectivity index (χ0) is 20.7. The van der Waals surface area contributed by atoms with Gasteiger partial charge in [0.25, 0.3) is 10.1 Å². The number of rotatable bonds is 3. The summed E-state index contributed by atoms with van der Waals surface area (Å²) < 4.78 is 30.7. The molecule has 0 bridgehead atoms. The first kappa shape index (κ1) is 21.5. The molecule has 4 N–H and O–H groups in total. The molecule has 0 fully saturated rings. The normalized spacial score (nSPS) is 11.5. The number of nitrogens with zero attached hydrogens (tertiary/aromatic N) is 2. The number of hydrogen-bond donors (Lipinski definition) is 4. The molecule has 0 amide bonds. The first-order valence-corrected chi connectivity index (χ1v) is 10.2. The molecule has 0 saturated carbocycles. The van der Waals surface area contributed by atoms with E-state index in [1.54, 1.807) is 23.5 Å². The molecule has 28 heavy (non-hydrogen) atoms. The molecule has 0 aliphatic rings. The minimum atomic E-state index is -4.02. The van der Waals surface area contributed by atoms with Gasteiger partial charge < -0.3 is 5.32 Å². The third-order valence-corrected chi connectivity index (χ3v) is 5.73. The Bertz CT molecular complexity index is 1090. The third-order valence-electron chi connectivity index (χ3n) is 3.67. The molecule has 148 valence electrons. The van der Waals surface area contributed by atoms with Crippen LogP contribution in [0.4, 0.5) is 5.00 Å². The van der Waals surface area contributed by atoms with E-state index in [4.69, 9.17) is 9.76 Å². The highest BCUT2D eigenvalue weighted by atomic mass is 32.2. The Balaban J connectivity index is 0.000000221. The molecule has 0 aliphatic heterocycles. The van der Waals surface area contributed by atoms with E-state index in [1.165, 1.54) is 22.2 Å². The zero-order valence-electron chi connectivity index (χ0n) is 15.2. The average molecular weight is 421 g/mol. The summed E-state index contributed by atoms with van der Waals surface area (Å²) in [7, 11) is -4.02. The lowest BCUT2D eigenvalue weighted by Crippen LogP contribution is -2.27. The van der Waals surface area contributed by atoms with E-state index in [-0.39, 0.29) is 10.9 Å². The molecule has 2 aromatic carbocycles. The summed E-state index contributed by atoms with van der Waals surface area (Å²) in [5.74, 6) is 0.148. The summed E-state index contributed by atoms with van der Waals surface area (Å²) in [4.78, 5) is -0.0666. The fourth-order valence-electron chi connectivity index (χ4n) is 2.26. The smallest absolute Gasteiger partial charge is 0.294 e. The number of nitrogens with one attached hydrogen (secondary N) is 2. The first-order valence-electron chi connectivity index (χ1n) is 7.99. The number of anilines is 1. The Morgan fingerprint density at radius 1 is 1.11 bits per heavy atom. The van der Waals surface area contributed by atoms with Gasteiger partial charge in [0.2, 0.25) is 5.96 Å². The number of aryl methyl sites for hydroxylation is 2. The van der Waals surface area contributed by atoms with Gasteiger partial charge in [0, 0.05) is 11.4 Å². The van der Waals surface area contributed by atoms with Crippen molar-refractivity contribution in [2.75, 3.05) is 5.32 Å². The molecule has 0 unspecified atom stereocenters. The quantitative estimate of drug-likeness (QED) is 0.221. The molecule has 0 radical (unpaired) electrons. The van der Waals surface area contributed by atoms with Crippen LogP contribution in [0.3, 0.4) is 0 Å². The minimum absolute atomic E-state index is 0.0666. The van der Waals surface area contributed by atoms with Crippen molar-refractivity contribution in [1.82, 2.24) is 5.48 Å². The van der Waals surface area contributed by atoms with Crippen LogP contribution in [0.5, 0.6) is 0 Å². The molecule has 3 rings (SSSR count). The summed E-state index contributed by atoms with van der Waals surface area (Å²) >= 11 is 1.59. The molecular weight excluding hydrogens is 400 g/mol. The maximum atomic E-state index is 10.5. The van der Waals surface area contributed by atoms with Crippen molar-refractivity contribution in [3.63, 3.8) is 0 Å². The summed E-state index contributed by atoms with van der Waals surface area (Å²) in [5, 5.41) is 20.9. The molecule has 10 heteroatoms. The highest BCUT2D eigenvalue weighted by molar-refractivity contribution is 7.85. The average Bonchev–Trinajstić information content (AvgIpc) is 2.97. The predicted molar refractivity (Wildman–Crippen MR) is 113 cm³/mol. The second-order valence-electron chi connectivity index (χ2n) is 5.67. The molecule has 1 heterocycles. The first-order chi connectivity index (χ1) is 13.3. The fraction of sp³-hybridized carbons (Fsp3) is 0.111. The Kier molecular flexibility index (Phi) is 7.24. The van der Waals surface area contributed by atoms with Crippen molar-refractivity contribution in [1.29, 1.82) is 0 Å². The van der Waals surface area contributed by atoms with Crippen molar-refractivity contribution in [3.8, 4) is 0 Å². The summed E-state index contributed by atoms with van der Waals surface area (Å²) in [6.07, 6.45) is 0. The van der Waals surface area contributed by atoms with E-state index in [0.717, 1.165) is 16.1 Å². The second-order valence-corrected chi connectivity index (χ2v) is 8.14. The van der Waals surface area contributed by atoms with Crippen molar-refractivity contribution in [2.24, 2.45) is 10.2 Å². The maximum Gasteiger partial charge on any atom is 0.294 e. The molecule has 0 saturated heterocycles. The second kappa shape index (κ2) is 9.42. The molecule has 3 aromatic rings. The van der Waals surface area contributed by atoms with Gasteiger partial charge in [-0.15, -0.1) is 16.4 Å². The van der Waals surface area contributed by atoms with Crippen molar-refractivity contribution in [3.05, 3.63) is 59.7 Å². The van der Waals surface area contributed by atoms with Gasteiger partial charge in [-0.1, -0.05) is 35.9 Å². The zero-order valence-corrected chi connectivity index (χ0v) is 16.9. The molecule has 0 atom stereocenters. The summed E-state index contributed by atoms with van der Waals surface area (Å²) in [6, 6.07) is 14.1. The van der Waals surface area contributed by atoms with E-state index in [1.807, 2.05) is 37.5 Å². The largest absolute Gasteiger partial charge is 0.314 e. The van der Waals surface area contributed by atoms with Crippen LogP contribution in [-0.4, -0.2) is 30.9 Å². The highest BCUT2D eigenvalue weighted by Crippen LogP contribution is 2.34. The van der Waals surface area contributed by atoms with Gasteiger partial charge in [-0.25, -0.2) is 5.48 Å². The van der Waals surface area contributed by atoms with Crippen LogP contribution in [0.25, 0.3) is 10.1 Å². The molecule has 0 aliphatic carbocycles. The highest BCUT2D eigenvalue weighted by Gasteiger charge is 2.09. The third kappa shape index (κ3) is 5.60. The van der Waals surface area contributed by atoms with E-state index in [2.05, 4.69) is 28.3 Å². The van der Waals surface area contributed by atoms with Crippen LogP contribution in [0.1, 0.15) is 11.1 Å². The summed E-state index contributed by atoms with van der Waals surface area (Å²) in [5.41, 5.74) is 4.00.